The number of amides is 1. The molecule has 2 fully saturated rings. The quantitative estimate of drug-likeness (QED) is 0.749. The van der Waals surface area contributed by atoms with Gasteiger partial charge in [0.05, 0.1) is 17.5 Å². The lowest BCUT2D eigenvalue weighted by molar-refractivity contribution is -0.137. The van der Waals surface area contributed by atoms with Crippen LogP contribution in [0.4, 0.5) is 24.5 Å². The molecule has 5 rings (SSSR count). The molecule has 4 nitrogen and oxygen atoms in total. The first kappa shape index (κ1) is 20.5. The predicted molar refractivity (Wildman–Crippen MR) is 115 cm³/mol. The second-order valence-electron chi connectivity index (χ2n) is 8.62. The lowest BCUT2D eigenvalue weighted by Gasteiger charge is -2.49. The normalized spacial score (nSPS) is 23.2. The van der Waals surface area contributed by atoms with Gasteiger partial charge in [0.2, 0.25) is 5.91 Å². The molecule has 0 unspecified atom stereocenters. The summed E-state index contributed by atoms with van der Waals surface area (Å²) in [6, 6.07) is 11.6. The van der Waals surface area contributed by atoms with Crippen LogP contribution < -0.4 is 15.1 Å². The van der Waals surface area contributed by atoms with E-state index in [4.69, 9.17) is 11.6 Å². The van der Waals surface area contributed by atoms with Gasteiger partial charge in [-0.25, -0.2) is 0 Å². The van der Waals surface area contributed by atoms with Gasteiger partial charge in [0.25, 0.3) is 0 Å². The van der Waals surface area contributed by atoms with Crippen LogP contribution in [0.5, 0.6) is 0 Å². The topological polar surface area (TPSA) is 35.6 Å². The van der Waals surface area contributed by atoms with Gasteiger partial charge in [-0.1, -0.05) is 17.7 Å². The zero-order valence-corrected chi connectivity index (χ0v) is 17.6. The van der Waals surface area contributed by atoms with E-state index in [1.807, 2.05) is 24.3 Å². The van der Waals surface area contributed by atoms with Crippen molar-refractivity contribution in [2.75, 3.05) is 29.4 Å². The van der Waals surface area contributed by atoms with E-state index in [9.17, 15) is 18.0 Å². The van der Waals surface area contributed by atoms with Gasteiger partial charge in [0.1, 0.15) is 0 Å². The van der Waals surface area contributed by atoms with E-state index in [0.29, 0.717) is 36.6 Å². The maximum absolute atomic E-state index is 13.3. The van der Waals surface area contributed by atoms with E-state index >= 15 is 0 Å². The Labute approximate surface area is 184 Å². The third-order valence-electron chi connectivity index (χ3n) is 6.47. The van der Waals surface area contributed by atoms with Crippen LogP contribution in [0.1, 0.15) is 24.0 Å². The van der Waals surface area contributed by atoms with E-state index in [-0.39, 0.29) is 18.0 Å². The van der Waals surface area contributed by atoms with Crippen molar-refractivity contribution in [3.63, 3.8) is 0 Å². The molecule has 8 heteroatoms. The Bertz CT molecular complexity index is 1010. The number of nitrogens with one attached hydrogen (secondary N) is 1. The molecular weight excluding hydrogens is 427 g/mol. The highest BCUT2D eigenvalue weighted by Gasteiger charge is 2.43. The van der Waals surface area contributed by atoms with Crippen LogP contribution in [0.2, 0.25) is 5.02 Å². The van der Waals surface area contributed by atoms with Gasteiger partial charge in [-0.3, -0.25) is 4.79 Å². The highest BCUT2D eigenvalue weighted by molar-refractivity contribution is 6.30. The van der Waals surface area contributed by atoms with Gasteiger partial charge in [0.15, 0.2) is 0 Å². The summed E-state index contributed by atoms with van der Waals surface area (Å²) in [4.78, 5) is 17.4. The summed E-state index contributed by atoms with van der Waals surface area (Å²) >= 11 is 6.17. The molecular formula is C23H23ClF3N3O. The molecule has 2 aliphatic heterocycles. The van der Waals surface area contributed by atoms with Crippen LogP contribution in [-0.4, -0.2) is 37.6 Å². The molecule has 1 saturated heterocycles. The minimum absolute atomic E-state index is 0.0616. The van der Waals surface area contributed by atoms with Crippen molar-refractivity contribution in [3.8, 4) is 0 Å². The number of hydrogen-bond acceptors (Lipinski definition) is 3. The molecule has 2 heterocycles. The largest absolute Gasteiger partial charge is 0.416 e. The van der Waals surface area contributed by atoms with Crippen LogP contribution in [-0.2, 0) is 17.4 Å². The third kappa shape index (κ3) is 4.07. The molecule has 31 heavy (non-hydrogen) atoms. The van der Waals surface area contributed by atoms with Gasteiger partial charge in [-0.05, 0) is 61.2 Å². The summed E-state index contributed by atoms with van der Waals surface area (Å²) < 4.78 is 39.9. The van der Waals surface area contributed by atoms with Gasteiger partial charge in [-0.2, -0.15) is 13.2 Å². The molecule has 2 atom stereocenters. The average Bonchev–Trinajstić information content (AvgIpc) is 3.55. The van der Waals surface area contributed by atoms with Gasteiger partial charge >= 0.3 is 6.18 Å². The van der Waals surface area contributed by atoms with Crippen molar-refractivity contribution in [2.24, 2.45) is 5.92 Å². The van der Waals surface area contributed by atoms with Crippen molar-refractivity contribution in [2.45, 2.75) is 37.5 Å². The third-order valence-corrected chi connectivity index (χ3v) is 6.71. The van der Waals surface area contributed by atoms with Crippen LogP contribution in [0.25, 0.3) is 0 Å². The Morgan fingerprint density at radius 3 is 2.61 bits per heavy atom. The summed E-state index contributed by atoms with van der Waals surface area (Å²) in [5.74, 6) is -0.466. The number of anilines is 2. The first-order valence-corrected chi connectivity index (χ1v) is 10.9. The van der Waals surface area contributed by atoms with Crippen molar-refractivity contribution < 1.29 is 18.0 Å². The number of nitrogens with zero attached hydrogens (tertiary/aromatic N) is 2. The summed E-state index contributed by atoms with van der Waals surface area (Å²) in [5.41, 5.74) is 1.73. The summed E-state index contributed by atoms with van der Waals surface area (Å²) in [5, 5.41) is 3.72. The molecule has 2 aromatic rings. The van der Waals surface area contributed by atoms with Crippen molar-refractivity contribution >= 4 is 28.9 Å². The maximum Gasteiger partial charge on any atom is 0.416 e. The number of carbonyl (C=O) groups excluding carboxylic acids is 1. The van der Waals surface area contributed by atoms with E-state index in [0.717, 1.165) is 30.3 Å². The number of rotatable bonds is 3. The first-order valence-electron chi connectivity index (χ1n) is 10.6. The molecule has 2 aromatic carbocycles. The number of fused-ring (bicyclic) bond motifs is 3. The molecule has 1 aliphatic carbocycles. The molecule has 0 bridgehead atoms. The number of carbonyl (C=O) groups is 1. The molecule has 0 aromatic heterocycles. The lowest BCUT2D eigenvalue weighted by atomic mass is 9.82. The maximum atomic E-state index is 13.3. The minimum atomic E-state index is -4.40. The number of hydrogen-bond donors (Lipinski definition) is 1. The summed E-state index contributed by atoms with van der Waals surface area (Å²) in [7, 11) is 0. The fourth-order valence-electron chi connectivity index (χ4n) is 4.74. The number of halogens is 4. The molecule has 1 amide bonds. The van der Waals surface area contributed by atoms with Crippen LogP contribution in [0.3, 0.4) is 0 Å². The number of piperazine rings is 1. The minimum Gasteiger partial charge on any atom is -0.368 e. The van der Waals surface area contributed by atoms with Crippen molar-refractivity contribution in [1.29, 1.82) is 0 Å². The average molecular weight is 450 g/mol. The molecule has 0 spiro atoms. The number of benzene rings is 2. The molecule has 0 radical (unpaired) electrons. The van der Waals surface area contributed by atoms with Gasteiger partial charge < -0.3 is 15.1 Å². The number of alkyl halides is 3. The van der Waals surface area contributed by atoms with Gasteiger partial charge in [0, 0.05) is 42.1 Å². The first-order chi connectivity index (χ1) is 14.8. The molecule has 1 N–H and O–H groups in total. The fourth-order valence-corrected chi connectivity index (χ4v) is 4.93. The zero-order chi connectivity index (χ0) is 21.8. The Balaban J connectivity index is 1.48. The monoisotopic (exact) mass is 449 g/mol. The molecule has 3 aliphatic rings. The Kier molecular flexibility index (Phi) is 5.04. The van der Waals surface area contributed by atoms with E-state index in [1.165, 1.54) is 6.07 Å². The highest BCUT2D eigenvalue weighted by atomic mass is 35.5. The lowest BCUT2D eigenvalue weighted by Crippen LogP contribution is -2.61. The van der Waals surface area contributed by atoms with Crippen LogP contribution in [0.15, 0.2) is 42.5 Å². The molecule has 164 valence electrons. The highest BCUT2D eigenvalue weighted by Crippen LogP contribution is 2.40. The van der Waals surface area contributed by atoms with E-state index in [1.54, 1.807) is 6.07 Å². The Hall–Kier alpha value is -2.41. The summed E-state index contributed by atoms with van der Waals surface area (Å²) in [6.45, 7) is 1.95. The second kappa shape index (κ2) is 7.62. The van der Waals surface area contributed by atoms with Crippen LogP contribution in [0, 0.1) is 5.92 Å². The van der Waals surface area contributed by atoms with Crippen molar-refractivity contribution in [1.82, 2.24) is 5.32 Å². The SMILES string of the molecule is O=C(NC1CC1)[C@@H]1Cc2cc(C(F)(F)F)ccc2N2CCN(c3cccc(Cl)c3)C[C@@H]12. The summed E-state index contributed by atoms with van der Waals surface area (Å²) in [6.07, 6.45) is -2.15. The molecule has 1 saturated carbocycles. The Morgan fingerprint density at radius 1 is 1.10 bits per heavy atom. The zero-order valence-electron chi connectivity index (χ0n) is 16.8. The standard InChI is InChI=1S/C23H23ClF3N3O/c24-16-2-1-3-18(12-16)29-8-9-30-20-7-4-15(23(25,26)27)10-14(20)11-19(21(30)13-29)22(31)28-17-5-6-17/h1-4,7,10,12,17,19,21H,5-6,8-9,11,13H2,(H,28,31)/t19-,21+/m1/s1. The van der Waals surface area contributed by atoms with E-state index < -0.39 is 17.7 Å². The van der Waals surface area contributed by atoms with Crippen LogP contribution >= 0.6 is 11.6 Å². The second-order valence-corrected chi connectivity index (χ2v) is 9.06. The fraction of sp³-hybridized carbons (Fsp3) is 0.435. The van der Waals surface area contributed by atoms with Crippen molar-refractivity contribution in [3.05, 3.63) is 58.6 Å². The predicted octanol–water partition coefficient (Wildman–Crippen LogP) is 4.50. The van der Waals surface area contributed by atoms with Gasteiger partial charge in [-0.15, -0.1) is 0 Å². The van der Waals surface area contributed by atoms with E-state index in [2.05, 4.69) is 15.1 Å². The smallest absolute Gasteiger partial charge is 0.368 e. The Morgan fingerprint density at radius 2 is 1.90 bits per heavy atom.